The van der Waals surface area contributed by atoms with Crippen LogP contribution < -0.4 is 64.8 Å². The maximum atomic E-state index is 14.2. The summed E-state index contributed by atoms with van der Waals surface area (Å²) in [7, 11) is 2.04. The summed E-state index contributed by atoms with van der Waals surface area (Å²) in [5.41, 5.74) is 24.1. The van der Waals surface area contributed by atoms with Crippen LogP contribution in [-0.2, 0) is 41.6 Å². The number of nitrogens with one attached hydrogen (secondary N) is 8. The number of guanidine groups is 2. The van der Waals surface area contributed by atoms with Crippen molar-refractivity contribution in [1.82, 2.24) is 31.9 Å². The van der Waals surface area contributed by atoms with Crippen molar-refractivity contribution in [1.29, 1.82) is 0 Å². The Morgan fingerprint density at radius 1 is 0.730 bits per heavy atom. The van der Waals surface area contributed by atoms with Gasteiger partial charge in [-0.25, -0.2) is 9.79 Å². The molecule has 0 aliphatic carbocycles. The number of rotatable bonds is 14. The van der Waals surface area contributed by atoms with Gasteiger partial charge >= 0.3 is 17.9 Å². The highest BCUT2D eigenvalue weighted by atomic mass is 33.1. The van der Waals surface area contributed by atoms with Crippen molar-refractivity contribution < 1.29 is 48.7 Å². The fraction of sp³-hybridized carbons (Fsp3) is 0.341. The second kappa shape index (κ2) is 24.6. The maximum absolute atomic E-state index is 14.2. The van der Waals surface area contributed by atoms with Gasteiger partial charge in [-0.1, -0.05) is 88.3 Å². The Bertz CT molecular complexity index is 2140. The molecule has 0 spiro atoms. The number of carboxylic acids is 1. The second-order valence-corrected chi connectivity index (χ2v) is 17.0. The van der Waals surface area contributed by atoms with E-state index in [2.05, 4.69) is 41.9 Å². The van der Waals surface area contributed by atoms with Gasteiger partial charge in [0.15, 0.2) is 0 Å². The van der Waals surface area contributed by atoms with E-state index < -0.39 is 77.7 Å². The third kappa shape index (κ3) is 16.5. The van der Waals surface area contributed by atoms with Crippen LogP contribution in [0.1, 0.15) is 41.3 Å². The molecule has 0 radical (unpaired) electrons. The van der Waals surface area contributed by atoms with Crippen LogP contribution in [0.25, 0.3) is 0 Å². The molecule has 3 aromatic rings. The number of carbonyl (C=O) groups excluding carboxylic acids is 6. The highest BCUT2D eigenvalue weighted by molar-refractivity contribution is 8.76. The number of nitrogens with two attached hydrogens (primary N) is 4. The highest BCUT2D eigenvalue weighted by Gasteiger charge is 2.34. The third-order valence-corrected chi connectivity index (χ3v) is 11.8. The molecule has 0 unspecified atom stereocenters. The molecule has 17 N–H and O–H groups in total. The van der Waals surface area contributed by atoms with E-state index in [1.165, 1.54) is 19.1 Å². The molecule has 1 aliphatic heterocycles. The molecule has 1 heterocycles. The van der Waals surface area contributed by atoms with Crippen molar-refractivity contribution in [3.63, 3.8) is 0 Å². The summed E-state index contributed by atoms with van der Waals surface area (Å²) in [5, 5.41) is 26.0. The number of carbonyl (C=O) groups is 7. The Morgan fingerprint density at radius 3 is 1.86 bits per heavy atom. The van der Waals surface area contributed by atoms with Crippen molar-refractivity contribution in [3.8, 4) is 0 Å². The first-order chi connectivity index (χ1) is 30.1. The van der Waals surface area contributed by atoms with E-state index in [1.54, 1.807) is 72.8 Å². The van der Waals surface area contributed by atoms with E-state index in [0.29, 0.717) is 16.8 Å². The maximum Gasteiger partial charge on any atom is 0.343 e. The van der Waals surface area contributed by atoms with Crippen LogP contribution in [0, 0.1) is 0 Å². The summed E-state index contributed by atoms with van der Waals surface area (Å²) in [5.74, 6) is -6.26. The number of amides is 6. The molecule has 1 fully saturated rings. The molecule has 336 valence electrons. The largest absolute Gasteiger partial charge is 0.480 e. The van der Waals surface area contributed by atoms with E-state index in [1.807, 2.05) is 0 Å². The van der Waals surface area contributed by atoms with Gasteiger partial charge in [-0.2, -0.15) is 0 Å². The molecule has 22 heteroatoms. The van der Waals surface area contributed by atoms with Crippen molar-refractivity contribution in [2.24, 2.45) is 22.9 Å². The second-order valence-electron chi connectivity index (χ2n) is 14.5. The van der Waals surface area contributed by atoms with E-state index in [9.17, 15) is 38.7 Å². The first-order valence-electron chi connectivity index (χ1n) is 19.8. The van der Waals surface area contributed by atoms with E-state index in [4.69, 9.17) is 22.9 Å². The summed E-state index contributed by atoms with van der Waals surface area (Å²) in [6.45, 7) is 1.63. The smallest absolute Gasteiger partial charge is 0.343 e. The van der Waals surface area contributed by atoms with Crippen LogP contribution in [0.2, 0.25) is 0 Å². The molecule has 0 aromatic heterocycles. The Labute approximate surface area is 371 Å². The molecular weight excluding hydrogens is 853 g/mol. The normalized spacial score (nSPS) is 20.5. The summed E-state index contributed by atoms with van der Waals surface area (Å²) in [6.07, 6.45) is 0.261. The van der Waals surface area contributed by atoms with E-state index >= 15 is 0 Å². The Balaban J connectivity index is 1.66. The predicted octanol–water partition coefficient (Wildman–Crippen LogP) is -4.69. The van der Waals surface area contributed by atoms with Crippen LogP contribution in [-0.4, -0.2) is 113 Å². The average molecular weight is 907 g/mol. The average Bonchev–Trinajstić information content (AvgIpc) is 3.24. The predicted molar refractivity (Wildman–Crippen MR) is 238 cm³/mol. The summed E-state index contributed by atoms with van der Waals surface area (Å²) in [6, 6.07) is 16.1. The molecular formula is C41H54N12O8S2+2. The van der Waals surface area contributed by atoms with Crippen molar-refractivity contribution in [3.05, 3.63) is 102 Å². The van der Waals surface area contributed by atoms with Gasteiger partial charge in [-0.3, -0.25) is 56.7 Å². The molecule has 6 atom stereocenters. The minimum absolute atomic E-state index is 0.00236. The molecule has 4 rings (SSSR count). The lowest BCUT2D eigenvalue weighted by molar-refractivity contribution is -0.459. The molecule has 1 aliphatic rings. The molecule has 0 bridgehead atoms. The third-order valence-electron chi connectivity index (χ3n) is 9.42. The van der Waals surface area contributed by atoms with Gasteiger partial charge in [0.2, 0.25) is 29.5 Å². The summed E-state index contributed by atoms with van der Waals surface area (Å²) < 4.78 is 0. The van der Waals surface area contributed by atoms with Gasteiger partial charge < -0.3 is 37.0 Å². The minimum Gasteiger partial charge on any atom is -0.480 e. The van der Waals surface area contributed by atoms with Crippen LogP contribution >= 0.6 is 21.6 Å². The Kier molecular flexibility index (Phi) is 19.1. The monoisotopic (exact) mass is 906 g/mol. The van der Waals surface area contributed by atoms with Crippen LogP contribution in [0.4, 0.5) is 5.69 Å². The van der Waals surface area contributed by atoms with Gasteiger partial charge in [0.05, 0.1) is 12.2 Å². The number of aliphatic carboxylic acids is 1. The quantitative estimate of drug-likeness (QED) is 0.0313. The molecule has 1 saturated heterocycles. The number of hydrogen-bond donors (Lipinski definition) is 13. The summed E-state index contributed by atoms with van der Waals surface area (Å²) >= 11 is 0. The van der Waals surface area contributed by atoms with Crippen LogP contribution in [0.3, 0.4) is 0 Å². The van der Waals surface area contributed by atoms with Gasteiger partial charge in [0.25, 0.3) is 5.91 Å². The Hall–Kier alpha value is -6.81. The minimum atomic E-state index is -1.43. The topological polar surface area (TPSA) is 344 Å². The number of carboxylic acid groups (broad SMARTS) is 1. The first kappa shape index (κ1) is 48.9. The molecule has 0 saturated carbocycles. The lowest BCUT2D eigenvalue weighted by Crippen LogP contribution is -2.78. The van der Waals surface area contributed by atoms with Gasteiger partial charge in [-0.05, 0) is 49.1 Å². The lowest BCUT2D eigenvalue weighted by atomic mass is 10.0. The summed E-state index contributed by atoms with van der Waals surface area (Å²) in [4.78, 5) is 101. The van der Waals surface area contributed by atoms with Crippen molar-refractivity contribution in [2.75, 3.05) is 18.1 Å². The first-order valence-corrected chi connectivity index (χ1v) is 22.3. The zero-order chi connectivity index (χ0) is 45.9. The van der Waals surface area contributed by atoms with Crippen molar-refractivity contribution >= 4 is 80.6 Å². The van der Waals surface area contributed by atoms with E-state index in [-0.39, 0.29) is 61.2 Å². The molecule has 20 nitrogen and oxygen atoms in total. The van der Waals surface area contributed by atoms with Crippen LogP contribution in [0.5, 0.6) is 0 Å². The number of hydrogen-bond acceptors (Lipinski definition) is 9. The van der Waals surface area contributed by atoms with Gasteiger partial charge in [-0.15, -0.1) is 0 Å². The van der Waals surface area contributed by atoms with Gasteiger partial charge in [0.1, 0.15) is 36.3 Å². The lowest BCUT2D eigenvalue weighted by Gasteiger charge is -2.27. The SMILES string of the molecule is C[C@H](NC(=O)c1cccc([NH+]=C(N)N)c1)C(=O)N[C@H]1CSSC[C@@H](C(=O)O)NC(=O)[C@H](Cc2ccccc2)NC(=O)[C@H](Cc2ccccc2)NC(=O)[C@H](CCC[NH+]=C(N)N)NC1=O. The zero-order valence-corrected chi connectivity index (χ0v) is 36.1. The zero-order valence-electron chi connectivity index (χ0n) is 34.4. The van der Waals surface area contributed by atoms with Crippen molar-refractivity contribution in [2.45, 2.75) is 68.9 Å². The highest BCUT2D eigenvalue weighted by Crippen LogP contribution is 2.24. The fourth-order valence-corrected chi connectivity index (χ4v) is 8.47. The standard InChI is InChI=1S/C41H52N12O8S2/c1-23(47-34(55)26-14-8-15-27(20-26)48-41(44)45)33(54)52-31-21-62-63-22-32(39(60)61)53-37(58)30(19-25-12-6-3-7-13-25)51-36(57)29(18-24-10-4-2-5-11-24)50-35(56)28(49-38(31)59)16-9-17-46-40(42)43/h2-8,10-15,20,23,28-32H,9,16-19,21-22H2,1H3,(H,47,55)(H,49,59)(H,50,56)(H,51,57)(H,52,54)(H,53,58)(H,60,61)(H4,42,43,46)(H4,44,45,48)/p+2/t23-,28-,29-,30-,31-,32-/m0/s1. The number of benzene rings is 3. The molecule has 6 amide bonds. The molecule has 3 aromatic carbocycles. The van der Waals surface area contributed by atoms with E-state index in [0.717, 1.165) is 21.6 Å². The van der Waals surface area contributed by atoms with Crippen LogP contribution in [0.15, 0.2) is 84.9 Å². The Morgan fingerprint density at radius 2 is 1.29 bits per heavy atom. The molecule has 63 heavy (non-hydrogen) atoms. The van der Waals surface area contributed by atoms with Gasteiger partial charge in [0, 0.05) is 29.9 Å². The fourth-order valence-electron chi connectivity index (χ4n) is 6.15.